The third-order valence-electron chi connectivity index (χ3n) is 3.56. The van der Waals surface area contributed by atoms with Crippen molar-refractivity contribution in [1.29, 1.82) is 0 Å². The Balaban J connectivity index is 1.64. The number of nitrogens with one attached hydrogen (secondary N) is 1. The molecule has 0 aromatic carbocycles. The Morgan fingerprint density at radius 3 is 2.95 bits per heavy atom. The Labute approximate surface area is 117 Å². The Morgan fingerprint density at radius 1 is 1.35 bits per heavy atom. The lowest BCUT2D eigenvalue weighted by Gasteiger charge is -2.34. The summed E-state index contributed by atoms with van der Waals surface area (Å²) in [6.07, 6.45) is 7.37. The van der Waals surface area contributed by atoms with Crippen LogP contribution in [0.15, 0.2) is 30.7 Å². The van der Waals surface area contributed by atoms with Crippen LogP contribution in [0.4, 0.5) is 15.9 Å². The highest BCUT2D eigenvalue weighted by Crippen LogP contribution is 2.20. The van der Waals surface area contributed by atoms with Crippen LogP contribution in [-0.4, -0.2) is 33.9 Å². The minimum Gasteiger partial charge on any atom is -0.367 e. The number of pyridine rings is 1. The van der Waals surface area contributed by atoms with Crippen molar-refractivity contribution >= 4 is 11.5 Å². The number of nitrogens with zero attached hydrogens (tertiary/aromatic N) is 4. The smallest absolute Gasteiger partial charge is 0.141 e. The van der Waals surface area contributed by atoms with Crippen molar-refractivity contribution in [3.63, 3.8) is 0 Å². The first-order valence-corrected chi connectivity index (χ1v) is 6.82. The van der Waals surface area contributed by atoms with Gasteiger partial charge in [-0.15, -0.1) is 0 Å². The molecule has 1 atom stereocenters. The van der Waals surface area contributed by atoms with E-state index in [1.165, 1.54) is 12.3 Å². The normalized spacial score (nSPS) is 19.1. The van der Waals surface area contributed by atoms with Gasteiger partial charge in [-0.25, -0.2) is 9.37 Å². The summed E-state index contributed by atoms with van der Waals surface area (Å²) in [5, 5.41) is 7.58. The summed E-state index contributed by atoms with van der Waals surface area (Å²) in [7, 11) is 1.92. The molecule has 0 aliphatic carbocycles. The number of anilines is 2. The van der Waals surface area contributed by atoms with E-state index >= 15 is 0 Å². The van der Waals surface area contributed by atoms with Crippen molar-refractivity contribution in [2.45, 2.75) is 18.9 Å². The Kier molecular flexibility index (Phi) is 3.54. The van der Waals surface area contributed by atoms with Crippen LogP contribution in [0, 0.1) is 5.82 Å². The lowest BCUT2D eigenvalue weighted by molar-refractivity contribution is 0.528. The van der Waals surface area contributed by atoms with Gasteiger partial charge in [0.2, 0.25) is 0 Å². The lowest BCUT2D eigenvalue weighted by atomic mass is 10.1. The zero-order chi connectivity index (χ0) is 13.9. The molecule has 0 bridgehead atoms. The molecule has 6 heteroatoms. The second-order valence-electron chi connectivity index (χ2n) is 5.16. The molecule has 20 heavy (non-hydrogen) atoms. The van der Waals surface area contributed by atoms with E-state index in [1.54, 1.807) is 6.07 Å². The van der Waals surface area contributed by atoms with Crippen LogP contribution in [-0.2, 0) is 7.05 Å². The Hall–Kier alpha value is -2.11. The van der Waals surface area contributed by atoms with Crippen LogP contribution >= 0.6 is 0 Å². The number of hydrogen-bond donors (Lipinski definition) is 1. The van der Waals surface area contributed by atoms with E-state index in [0.29, 0.717) is 6.04 Å². The second kappa shape index (κ2) is 5.48. The van der Waals surface area contributed by atoms with Gasteiger partial charge in [0.05, 0.1) is 18.1 Å². The van der Waals surface area contributed by atoms with Crippen LogP contribution < -0.4 is 10.2 Å². The fourth-order valence-electron chi connectivity index (χ4n) is 2.57. The third-order valence-corrected chi connectivity index (χ3v) is 3.56. The van der Waals surface area contributed by atoms with Crippen LogP contribution in [0.5, 0.6) is 0 Å². The predicted octanol–water partition coefficient (Wildman–Crippen LogP) is 2.04. The van der Waals surface area contributed by atoms with Gasteiger partial charge >= 0.3 is 0 Å². The maximum Gasteiger partial charge on any atom is 0.141 e. The molecule has 1 saturated heterocycles. The highest BCUT2D eigenvalue weighted by atomic mass is 19.1. The van der Waals surface area contributed by atoms with E-state index in [9.17, 15) is 4.39 Å². The number of aromatic nitrogens is 3. The van der Waals surface area contributed by atoms with Gasteiger partial charge in [0, 0.05) is 32.4 Å². The molecule has 3 heterocycles. The van der Waals surface area contributed by atoms with Crippen LogP contribution in [0.1, 0.15) is 12.8 Å². The van der Waals surface area contributed by atoms with Crippen molar-refractivity contribution < 1.29 is 4.39 Å². The summed E-state index contributed by atoms with van der Waals surface area (Å²) in [6.45, 7) is 1.95. The number of piperidine rings is 1. The maximum atomic E-state index is 12.8. The fourth-order valence-corrected chi connectivity index (χ4v) is 2.57. The molecule has 1 aliphatic heterocycles. The number of rotatable bonds is 3. The molecule has 106 valence electrons. The molecule has 1 fully saturated rings. The van der Waals surface area contributed by atoms with E-state index in [0.717, 1.165) is 37.4 Å². The van der Waals surface area contributed by atoms with Gasteiger partial charge in [-0.3, -0.25) is 4.68 Å². The minimum absolute atomic E-state index is 0.309. The molecule has 0 radical (unpaired) electrons. The Bertz CT molecular complexity index is 565. The van der Waals surface area contributed by atoms with Crippen molar-refractivity contribution in [2.75, 3.05) is 23.3 Å². The van der Waals surface area contributed by atoms with Gasteiger partial charge in [-0.2, -0.15) is 5.10 Å². The van der Waals surface area contributed by atoms with Gasteiger partial charge in [-0.1, -0.05) is 0 Å². The summed E-state index contributed by atoms with van der Waals surface area (Å²) in [4.78, 5) is 6.37. The van der Waals surface area contributed by atoms with Crippen molar-refractivity contribution in [3.8, 4) is 0 Å². The monoisotopic (exact) mass is 275 g/mol. The van der Waals surface area contributed by atoms with Gasteiger partial charge in [0.15, 0.2) is 0 Å². The van der Waals surface area contributed by atoms with Gasteiger partial charge < -0.3 is 10.2 Å². The highest BCUT2D eigenvalue weighted by molar-refractivity contribution is 5.44. The van der Waals surface area contributed by atoms with Gasteiger partial charge in [0.1, 0.15) is 11.6 Å². The summed E-state index contributed by atoms with van der Waals surface area (Å²) < 4.78 is 14.7. The topological polar surface area (TPSA) is 46.0 Å². The lowest BCUT2D eigenvalue weighted by Crippen LogP contribution is -2.42. The summed E-state index contributed by atoms with van der Waals surface area (Å²) in [6, 6.07) is 3.43. The molecule has 0 amide bonds. The first-order valence-electron chi connectivity index (χ1n) is 6.82. The van der Waals surface area contributed by atoms with Crippen molar-refractivity contribution in [2.24, 2.45) is 7.05 Å². The SMILES string of the molecule is Cn1cc(N2CCC[C@H](Nc3ccc(F)cn3)C2)cn1. The first kappa shape index (κ1) is 12.9. The number of aryl methyl sites for hydroxylation is 1. The van der Waals surface area contributed by atoms with Crippen LogP contribution in [0.2, 0.25) is 0 Å². The van der Waals surface area contributed by atoms with E-state index < -0.39 is 0 Å². The molecule has 2 aromatic rings. The Morgan fingerprint density at radius 2 is 2.25 bits per heavy atom. The highest BCUT2D eigenvalue weighted by Gasteiger charge is 2.21. The van der Waals surface area contributed by atoms with E-state index in [-0.39, 0.29) is 5.82 Å². The standard InChI is InChI=1S/C14H18FN5/c1-19-10-13(8-17-19)20-6-2-3-12(9-20)18-14-5-4-11(15)7-16-14/h4-5,7-8,10,12H,2-3,6,9H2,1H3,(H,16,18)/t12-/m0/s1. The molecule has 0 spiro atoms. The molecular weight excluding hydrogens is 257 g/mol. The van der Waals surface area contributed by atoms with Crippen molar-refractivity contribution in [3.05, 3.63) is 36.5 Å². The molecule has 3 rings (SSSR count). The molecule has 0 saturated carbocycles. The fraction of sp³-hybridized carbons (Fsp3) is 0.429. The summed E-state index contributed by atoms with van der Waals surface area (Å²) in [5.74, 6) is 0.417. The van der Waals surface area contributed by atoms with E-state index in [4.69, 9.17) is 0 Å². The number of hydrogen-bond acceptors (Lipinski definition) is 4. The third kappa shape index (κ3) is 2.89. The van der Waals surface area contributed by atoms with Crippen LogP contribution in [0.25, 0.3) is 0 Å². The van der Waals surface area contributed by atoms with Crippen LogP contribution in [0.3, 0.4) is 0 Å². The average molecular weight is 275 g/mol. The molecule has 1 N–H and O–H groups in total. The first-order chi connectivity index (χ1) is 9.70. The largest absolute Gasteiger partial charge is 0.367 e. The zero-order valence-corrected chi connectivity index (χ0v) is 11.5. The quantitative estimate of drug-likeness (QED) is 0.931. The molecule has 5 nitrogen and oxygen atoms in total. The minimum atomic E-state index is -0.309. The molecule has 0 unspecified atom stereocenters. The molecular formula is C14H18FN5. The van der Waals surface area contributed by atoms with Gasteiger partial charge in [-0.05, 0) is 25.0 Å². The van der Waals surface area contributed by atoms with E-state index in [1.807, 2.05) is 24.1 Å². The molecule has 1 aliphatic rings. The maximum absolute atomic E-state index is 12.8. The van der Waals surface area contributed by atoms with E-state index in [2.05, 4.69) is 20.3 Å². The van der Waals surface area contributed by atoms with Crippen molar-refractivity contribution in [1.82, 2.24) is 14.8 Å². The molecule has 2 aromatic heterocycles. The predicted molar refractivity (Wildman–Crippen MR) is 76.3 cm³/mol. The summed E-state index contributed by atoms with van der Waals surface area (Å²) >= 11 is 0. The van der Waals surface area contributed by atoms with Gasteiger partial charge in [0.25, 0.3) is 0 Å². The summed E-state index contributed by atoms with van der Waals surface area (Å²) in [5.41, 5.74) is 1.14. The zero-order valence-electron chi connectivity index (χ0n) is 11.5. The average Bonchev–Trinajstić information content (AvgIpc) is 2.89. The number of halogens is 1. The second-order valence-corrected chi connectivity index (χ2v) is 5.16.